The monoisotopic (exact) mass is 472 g/mol. The van der Waals surface area contributed by atoms with Crippen LogP contribution in [0.5, 0.6) is 0 Å². The fourth-order valence-corrected chi connectivity index (χ4v) is 6.26. The highest BCUT2D eigenvalue weighted by Crippen LogP contribution is 2.25. The molecule has 0 aliphatic carbocycles. The Balaban J connectivity index is 1.68. The van der Waals surface area contributed by atoms with Gasteiger partial charge in [-0.25, -0.2) is 13.2 Å². The Bertz CT molecular complexity index is 935. The number of thiophene rings is 1. The van der Waals surface area contributed by atoms with E-state index < -0.39 is 16.0 Å². The molecular formula is C18H21BrN2O4S2. The molecule has 1 aliphatic rings. The number of halogens is 1. The molecule has 1 fully saturated rings. The molecule has 1 aliphatic heterocycles. The van der Waals surface area contributed by atoms with Gasteiger partial charge in [0.25, 0.3) is 0 Å². The summed E-state index contributed by atoms with van der Waals surface area (Å²) >= 11 is 5.16. The minimum atomic E-state index is -3.58. The van der Waals surface area contributed by atoms with Crippen molar-refractivity contribution in [3.8, 4) is 0 Å². The van der Waals surface area contributed by atoms with Crippen LogP contribution in [0.15, 0.2) is 39.0 Å². The first kappa shape index (κ1) is 20.5. The highest BCUT2D eigenvalue weighted by molar-refractivity contribution is 9.11. The van der Waals surface area contributed by atoms with Crippen LogP contribution in [0.1, 0.15) is 20.8 Å². The molecule has 0 atom stereocenters. The lowest BCUT2D eigenvalue weighted by Gasteiger charge is -2.34. The highest BCUT2D eigenvalue weighted by atomic mass is 79.9. The second kappa shape index (κ2) is 8.40. The van der Waals surface area contributed by atoms with Crippen molar-refractivity contribution in [1.82, 2.24) is 9.21 Å². The number of hydrogen-bond acceptors (Lipinski definition) is 6. The van der Waals surface area contributed by atoms with E-state index in [-0.39, 0.29) is 4.90 Å². The lowest BCUT2D eigenvalue weighted by atomic mass is 10.1. The van der Waals surface area contributed by atoms with Gasteiger partial charge in [-0.15, -0.1) is 11.3 Å². The predicted molar refractivity (Wildman–Crippen MR) is 109 cm³/mol. The van der Waals surface area contributed by atoms with Gasteiger partial charge in [0.05, 0.1) is 21.4 Å². The molecule has 2 aromatic rings. The van der Waals surface area contributed by atoms with Crippen LogP contribution in [0.3, 0.4) is 0 Å². The number of nitrogens with zero attached hydrogens (tertiary/aromatic N) is 2. The maximum Gasteiger partial charge on any atom is 0.337 e. The van der Waals surface area contributed by atoms with Gasteiger partial charge in [-0.05, 0) is 58.7 Å². The number of aryl methyl sites for hydroxylation is 1. The SMILES string of the molecule is COC(=O)c1ccc(S(=O)(=O)N2CCN(Cc3ccc(Br)s3)CC2)c(C)c1. The van der Waals surface area contributed by atoms with Crippen molar-refractivity contribution in [2.75, 3.05) is 33.3 Å². The minimum Gasteiger partial charge on any atom is -0.465 e. The molecule has 2 heterocycles. The van der Waals surface area contributed by atoms with E-state index in [4.69, 9.17) is 0 Å². The van der Waals surface area contributed by atoms with Gasteiger partial charge in [0.1, 0.15) is 0 Å². The normalized spacial score (nSPS) is 16.4. The van der Waals surface area contributed by atoms with Crippen molar-refractivity contribution in [3.63, 3.8) is 0 Å². The van der Waals surface area contributed by atoms with E-state index in [0.717, 1.165) is 10.3 Å². The van der Waals surface area contributed by atoms with E-state index in [0.29, 0.717) is 37.3 Å². The fraction of sp³-hybridized carbons (Fsp3) is 0.389. The van der Waals surface area contributed by atoms with E-state index in [1.54, 1.807) is 24.3 Å². The summed E-state index contributed by atoms with van der Waals surface area (Å²) in [6.07, 6.45) is 0. The summed E-state index contributed by atoms with van der Waals surface area (Å²) in [6.45, 7) is 4.81. The second-order valence-electron chi connectivity index (χ2n) is 6.36. The number of carbonyl (C=O) groups excluding carboxylic acids is 1. The first-order valence-corrected chi connectivity index (χ1v) is 11.5. The van der Waals surface area contributed by atoms with Crippen molar-refractivity contribution in [3.05, 3.63) is 50.1 Å². The zero-order valence-electron chi connectivity index (χ0n) is 15.1. The van der Waals surface area contributed by atoms with Crippen molar-refractivity contribution < 1.29 is 17.9 Å². The molecule has 1 saturated heterocycles. The van der Waals surface area contributed by atoms with Crippen LogP contribution < -0.4 is 0 Å². The molecule has 0 unspecified atom stereocenters. The number of esters is 1. The average molecular weight is 473 g/mol. The molecule has 9 heteroatoms. The molecule has 0 N–H and O–H groups in total. The summed E-state index contributed by atoms with van der Waals surface area (Å²) in [5.74, 6) is -0.476. The van der Waals surface area contributed by atoms with Gasteiger partial charge in [0.15, 0.2) is 0 Å². The molecule has 0 bridgehead atoms. The Kier molecular flexibility index (Phi) is 6.37. The Hall–Kier alpha value is -1.26. The maximum atomic E-state index is 13.0. The van der Waals surface area contributed by atoms with Crippen molar-refractivity contribution in [2.45, 2.75) is 18.4 Å². The van der Waals surface area contributed by atoms with Crippen LogP contribution in [-0.2, 0) is 21.3 Å². The zero-order valence-corrected chi connectivity index (χ0v) is 18.4. The van der Waals surface area contributed by atoms with Gasteiger partial charge in [-0.3, -0.25) is 4.90 Å². The molecule has 0 spiro atoms. The van der Waals surface area contributed by atoms with Crippen LogP contribution in [0, 0.1) is 6.92 Å². The van der Waals surface area contributed by atoms with Crippen molar-refractivity contribution in [2.24, 2.45) is 0 Å². The number of methoxy groups -OCH3 is 1. The molecule has 0 saturated carbocycles. The summed E-state index contributed by atoms with van der Waals surface area (Å²) in [7, 11) is -2.28. The van der Waals surface area contributed by atoms with E-state index in [2.05, 4.69) is 31.6 Å². The molecular weight excluding hydrogens is 452 g/mol. The molecule has 1 aromatic carbocycles. The van der Waals surface area contributed by atoms with Crippen LogP contribution >= 0.6 is 27.3 Å². The largest absolute Gasteiger partial charge is 0.465 e. The Morgan fingerprint density at radius 3 is 2.44 bits per heavy atom. The summed E-state index contributed by atoms with van der Waals surface area (Å²) in [6, 6.07) is 8.66. The van der Waals surface area contributed by atoms with E-state index in [1.165, 1.54) is 28.4 Å². The van der Waals surface area contributed by atoms with Gasteiger partial charge >= 0.3 is 5.97 Å². The lowest BCUT2D eigenvalue weighted by molar-refractivity contribution is 0.0600. The van der Waals surface area contributed by atoms with Gasteiger partial charge in [0, 0.05) is 37.6 Å². The number of ether oxygens (including phenoxy) is 1. The molecule has 146 valence electrons. The number of carbonyl (C=O) groups is 1. The van der Waals surface area contributed by atoms with Gasteiger partial charge in [-0.1, -0.05) is 0 Å². The van der Waals surface area contributed by atoms with Crippen LogP contribution in [0.2, 0.25) is 0 Å². The van der Waals surface area contributed by atoms with Crippen molar-refractivity contribution in [1.29, 1.82) is 0 Å². The average Bonchev–Trinajstić information content (AvgIpc) is 3.06. The molecule has 1 aromatic heterocycles. The van der Waals surface area contributed by atoms with Gasteiger partial charge in [0.2, 0.25) is 10.0 Å². The molecule has 27 heavy (non-hydrogen) atoms. The third kappa shape index (κ3) is 4.60. The Labute approximate surface area is 171 Å². The standard InChI is InChI=1S/C18H21BrN2O4S2/c1-13-11-14(18(22)25-2)3-5-16(13)27(23,24)21-9-7-20(8-10-21)12-15-4-6-17(19)26-15/h3-6,11H,7-10,12H2,1-2H3. The second-order valence-corrected chi connectivity index (χ2v) is 10.8. The van der Waals surface area contributed by atoms with Crippen LogP contribution in [-0.4, -0.2) is 56.9 Å². The molecule has 6 nitrogen and oxygen atoms in total. The first-order chi connectivity index (χ1) is 12.8. The molecule has 0 amide bonds. The van der Waals surface area contributed by atoms with Crippen molar-refractivity contribution >= 4 is 43.3 Å². The van der Waals surface area contributed by atoms with Gasteiger partial charge < -0.3 is 4.74 Å². The van der Waals surface area contributed by atoms with E-state index in [1.807, 2.05) is 6.07 Å². The summed E-state index contributed by atoms with van der Waals surface area (Å²) in [5, 5.41) is 0. The molecule has 3 rings (SSSR count). The number of hydrogen-bond donors (Lipinski definition) is 0. The van der Waals surface area contributed by atoms with E-state index >= 15 is 0 Å². The lowest BCUT2D eigenvalue weighted by Crippen LogP contribution is -2.48. The number of benzene rings is 1. The smallest absolute Gasteiger partial charge is 0.337 e. The zero-order chi connectivity index (χ0) is 19.6. The Morgan fingerprint density at radius 1 is 1.19 bits per heavy atom. The van der Waals surface area contributed by atoms with Crippen LogP contribution in [0.4, 0.5) is 0 Å². The first-order valence-electron chi connectivity index (χ1n) is 8.47. The summed E-state index contributed by atoms with van der Waals surface area (Å²) in [4.78, 5) is 15.4. The summed E-state index contributed by atoms with van der Waals surface area (Å²) < 4.78 is 33.3. The number of sulfonamides is 1. The maximum absolute atomic E-state index is 13.0. The number of rotatable bonds is 5. The third-order valence-corrected chi connectivity index (χ3v) is 8.22. The number of piperazine rings is 1. The van der Waals surface area contributed by atoms with Gasteiger partial charge in [-0.2, -0.15) is 4.31 Å². The minimum absolute atomic E-state index is 0.241. The predicted octanol–water partition coefficient (Wildman–Crippen LogP) is 3.11. The fourth-order valence-electron chi connectivity index (χ4n) is 3.11. The van der Waals surface area contributed by atoms with E-state index in [9.17, 15) is 13.2 Å². The quantitative estimate of drug-likeness (QED) is 0.625. The topological polar surface area (TPSA) is 66.9 Å². The highest BCUT2D eigenvalue weighted by Gasteiger charge is 2.30. The molecule has 0 radical (unpaired) electrons. The summed E-state index contributed by atoms with van der Waals surface area (Å²) in [5.41, 5.74) is 0.893. The Morgan fingerprint density at radius 2 is 1.89 bits per heavy atom. The third-order valence-electron chi connectivity index (χ3n) is 4.55. The van der Waals surface area contributed by atoms with Crippen LogP contribution in [0.25, 0.3) is 0 Å².